The molecular weight excluding hydrogens is 406 g/mol. The van der Waals surface area contributed by atoms with Crippen LogP contribution in [0.2, 0.25) is 0 Å². The number of benzene rings is 2. The molecule has 1 amide bonds. The van der Waals surface area contributed by atoms with Crippen molar-refractivity contribution in [3.05, 3.63) is 83.2 Å². The Kier molecular flexibility index (Phi) is 5.38. The quantitative estimate of drug-likeness (QED) is 0.425. The van der Waals surface area contributed by atoms with Crippen LogP contribution in [0.1, 0.15) is 40.0 Å². The number of aromatic nitrogens is 2. The summed E-state index contributed by atoms with van der Waals surface area (Å²) in [5, 5.41) is 0.664. The minimum atomic E-state index is -0.0509. The van der Waals surface area contributed by atoms with Crippen LogP contribution in [-0.2, 0) is 19.4 Å². The summed E-state index contributed by atoms with van der Waals surface area (Å²) in [5.74, 6) is 0.701. The second-order valence-corrected chi connectivity index (χ2v) is 8.74. The topological polar surface area (TPSA) is 55.3 Å². The molecule has 0 saturated carbocycles. The summed E-state index contributed by atoms with van der Waals surface area (Å²) >= 11 is 1.51. The molecule has 1 aliphatic carbocycles. The first-order chi connectivity index (χ1) is 15.2. The summed E-state index contributed by atoms with van der Waals surface area (Å²) in [6.45, 7) is 0.369. The van der Waals surface area contributed by atoms with Crippen LogP contribution in [0, 0.1) is 0 Å². The Morgan fingerprint density at radius 1 is 1.06 bits per heavy atom. The summed E-state index contributed by atoms with van der Waals surface area (Å²) in [6, 6.07) is 17.7. The van der Waals surface area contributed by atoms with E-state index < -0.39 is 0 Å². The van der Waals surface area contributed by atoms with Gasteiger partial charge in [-0.15, -0.1) is 0 Å². The molecule has 2 heterocycles. The first-order valence-electron chi connectivity index (χ1n) is 10.5. The van der Waals surface area contributed by atoms with Crippen LogP contribution < -0.4 is 9.64 Å². The van der Waals surface area contributed by atoms with Crippen LogP contribution in [0.4, 0.5) is 5.13 Å². The van der Waals surface area contributed by atoms with Gasteiger partial charge in [0.05, 0.1) is 29.6 Å². The van der Waals surface area contributed by atoms with Gasteiger partial charge in [-0.25, -0.2) is 4.98 Å². The van der Waals surface area contributed by atoms with Crippen molar-refractivity contribution in [1.29, 1.82) is 0 Å². The lowest BCUT2D eigenvalue weighted by molar-refractivity contribution is 0.0984. The van der Waals surface area contributed by atoms with Gasteiger partial charge in [-0.05, 0) is 73.2 Å². The number of hydrogen-bond donors (Lipinski definition) is 0. The minimum absolute atomic E-state index is 0.0509. The molecule has 0 saturated heterocycles. The highest BCUT2D eigenvalue weighted by atomic mass is 32.1. The van der Waals surface area contributed by atoms with E-state index in [4.69, 9.17) is 9.72 Å². The molecule has 0 spiro atoms. The Morgan fingerprint density at radius 2 is 1.94 bits per heavy atom. The van der Waals surface area contributed by atoms with Crippen LogP contribution in [0.3, 0.4) is 0 Å². The van der Waals surface area contributed by atoms with Crippen molar-refractivity contribution < 1.29 is 9.53 Å². The molecule has 4 aromatic rings. The molecule has 156 valence electrons. The van der Waals surface area contributed by atoms with Crippen LogP contribution in [-0.4, -0.2) is 23.0 Å². The molecule has 6 heteroatoms. The number of rotatable bonds is 5. The molecule has 2 aromatic heterocycles. The first kappa shape index (κ1) is 19.7. The molecule has 2 aromatic carbocycles. The van der Waals surface area contributed by atoms with E-state index in [2.05, 4.69) is 17.1 Å². The Labute approximate surface area is 185 Å². The summed E-state index contributed by atoms with van der Waals surface area (Å²) in [6.07, 6.45) is 6.29. The molecule has 0 unspecified atom stereocenters. The molecule has 0 aliphatic heterocycles. The highest BCUT2D eigenvalue weighted by Crippen LogP contribution is 2.33. The van der Waals surface area contributed by atoms with Crippen molar-refractivity contribution in [3.8, 4) is 5.75 Å². The SMILES string of the molecule is COc1ccc2sc(N(Cc3ccccn3)C(=O)c3ccc4c(c3)CCCC4)nc2c1. The maximum absolute atomic E-state index is 13.7. The summed E-state index contributed by atoms with van der Waals surface area (Å²) in [4.78, 5) is 24.6. The number of carbonyl (C=O) groups is 1. The molecular formula is C25H23N3O2S. The molecule has 1 aliphatic rings. The number of amides is 1. The minimum Gasteiger partial charge on any atom is -0.497 e. The number of nitrogens with zero attached hydrogens (tertiary/aromatic N) is 3. The molecule has 0 radical (unpaired) electrons. The van der Waals surface area contributed by atoms with Crippen molar-refractivity contribution in [1.82, 2.24) is 9.97 Å². The Hall–Kier alpha value is -3.25. The highest BCUT2D eigenvalue weighted by Gasteiger charge is 2.23. The summed E-state index contributed by atoms with van der Waals surface area (Å²) < 4.78 is 6.35. The lowest BCUT2D eigenvalue weighted by Crippen LogP contribution is -2.31. The molecule has 0 bridgehead atoms. The third-order valence-corrected chi connectivity index (χ3v) is 6.76. The Balaban J connectivity index is 1.54. The van der Waals surface area contributed by atoms with E-state index in [1.54, 1.807) is 18.2 Å². The van der Waals surface area contributed by atoms with E-state index in [0.29, 0.717) is 17.2 Å². The number of ether oxygens (including phenoxy) is 1. The number of anilines is 1. The fourth-order valence-electron chi connectivity index (χ4n) is 4.04. The van der Waals surface area contributed by atoms with Gasteiger partial charge < -0.3 is 4.74 Å². The third kappa shape index (κ3) is 4.03. The molecule has 0 N–H and O–H groups in total. The maximum atomic E-state index is 13.7. The zero-order valence-electron chi connectivity index (χ0n) is 17.4. The van der Waals surface area contributed by atoms with Gasteiger partial charge in [0.1, 0.15) is 5.75 Å². The van der Waals surface area contributed by atoms with Crippen molar-refractivity contribution in [3.63, 3.8) is 0 Å². The second kappa shape index (κ2) is 8.47. The van der Waals surface area contributed by atoms with Gasteiger partial charge in [0.2, 0.25) is 0 Å². The van der Waals surface area contributed by atoms with Gasteiger partial charge in [-0.3, -0.25) is 14.7 Å². The van der Waals surface area contributed by atoms with Gasteiger partial charge in [0.15, 0.2) is 5.13 Å². The normalized spacial score (nSPS) is 13.1. The number of hydrogen-bond acceptors (Lipinski definition) is 5. The van der Waals surface area contributed by atoms with Crippen molar-refractivity contribution in [2.75, 3.05) is 12.0 Å². The zero-order valence-corrected chi connectivity index (χ0v) is 18.2. The summed E-state index contributed by atoms with van der Waals surface area (Å²) in [7, 11) is 1.64. The molecule has 0 fully saturated rings. The summed E-state index contributed by atoms with van der Waals surface area (Å²) in [5.41, 5.74) is 5.01. The van der Waals surface area contributed by atoms with Crippen LogP contribution in [0.15, 0.2) is 60.8 Å². The molecule has 0 atom stereocenters. The predicted octanol–water partition coefficient (Wildman–Crippen LogP) is 5.43. The molecule has 5 rings (SSSR count). The van der Waals surface area contributed by atoms with E-state index >= 15 is 0 Å². The molecule has 5 nitrogen and oxygen atoms in total. The standard InChI is InChI=1S/C25H23N3O2S/c1-30-21-11-12-23-22(15-21)27-25(31-23)28(16-20-8-4-5-13-26-20)24(29)19-10-9-17-6-2-3-7-18(17)14-19/h4-5,8-15H,2-3,6-7,16H2,1H3. The monoisotopic (exact) mass is 429 g/mol. The van der Waals surface area contributed by atoms with E-state index in [1.807, 2.05) is 42.5 Å². The van der Waals surface area contributed by atoms with Crippen molar-refractivity contribution in [2.24, 2.45) is 0 Å². The van der Waals surface area contributed by atoms with Gasteiger partial charge in [0.25, 0.3) is 5.91 Å². The number of thiazole rings is 1. The lowest BCUT2D eigenvalue weighted by Gasteiger charge is -2.21. The van der Waals surface area contributed by atoms with E-state index in [0.717, 1.165) is 34.5 Å². The van der Waals surface area contributed by atoms with E-state index in [-0.39, 0.29) is 5.91 Å². The van der Waals surface area contributed by atoms with Crippen molar-refractivity contribution in [2.45, 2.75) is 32.2 Å². The number of pyridine rings is 1. The van der Waals surface area contributed by atoms with Gasteiger partial charge in [-0.2, -0.15) is 0 Å². The third-order valence-electron chi connectivity index (χ3n) is 5.70. The number of methoxy groups -OCH3 is 1. The average molecular weight is 430 g/mol. The highest BCUT2D eigenvalue weighted by molar-refractivity contribution is 7.22. The average Bonchev–Trinajstić information content (AvgIpc) is 3.25. The predicted molar refractivity (Wildman–Crippen MR) is 124 cm³/mol. The number of fused-ring (bicyclic) bond motifs is 2. The van der Waals surface area contributed by atoms with E-state index in [9.17, 15) is 4.79 Å². The Bertz CT molecular complexity index is 1240. The van der Waals surface area contributed by atoms with Gasteiger partial charge in [-0.1, -0.05) is 23.5 Å². The number of carbonyl (C=O) groups excluding carboxylic acids is 1. The zero-order chi connectivity index (χ0) is 21.2. The first-order valence-corrected chi connectivity index (χ1v) is 11.3. The van der Waals surface area contributed by atoms with Gasteiger partial charge >= 0.3 is 0 Å². The van der Waals surface area contributed by atoms with E-state index in [1.165, 1.54) is 35.3 Å². The molecule has 31 heavy (non-hydrogen) atoms. The fourth-order valence-corrected chi connectivity index (χ4v) is 4.98. The van der Waals surface area contributed by atoms with Crippen LogP contribution in [0.25, 0.3) is 10.2 Å². The Morgan fingerprint density at radius 3 is 2.74 bits per heavy atom. The van der Waals surface area contributed by atoms with Crippen LogP contribution in [0.5, 0.6) is 5.75 Å². The van der Waals surface area contributed by atoms with Gasteiger partial charge in [0, 0.05) is 17.8 Å². The smallest absolute Gasteiger partial charge is 0.260 e. The fraction of sp³-hybridized carbons (Fsp3) is 0.240. The lowest BCUT2D eigenvalue weighted by atomic mass is 9.90. The van der Waals surface area contributed by atoms with Crippen molar-refractivity contribution >= 4 is 32.6 Å². The van der Waals surface area contributed by atoms with Crippen LogP contribution >= 0.6 is 11.3 Å². The number of aryl methyl sites for hydroxylation is 2. The second-order valence-electron chi connectivity index (χ2n) is 7.73. The largest absolute Gasteiger partial charge is 0.497 e. The maximum Gasteiger partial charge on any atom is 0.260 e.